The second-order valence-corrected chi connectivity index (χ2v) is 7.14. The molecular formula is C14H21N3OS. The second-order valence-electron chi connectivity index (χ2n) is 5.44. The molecule has 1 aromatic heterocycles. The Balaban J connectivity index is 1.76. The fourth-order valence-electron chi connectivity index (χ4n) is 2.42. The summed E-state index contributed by atoms with van der Waals surface area (Å²) in [7, 11) is -0.621. The zero-order chi connectivity index (χ0) is 13.2. The van der Waals surface area contributed by atoms with Gasteiger partial charge in [-0.05, 0) is 25.8 Å². The summed E-state index contributed by atoms with van der Waals surface area (Å²) in [6, 6.07) is 2.88. The largest absolute Gasteiger partial charge is 0.369 e. The molecule has 1 aliphatic heterocycles. The quantitative estimate of drug-likeness (QED) is 0.900. The van der Waals surface area contributed by atoms with E-state index < -0.39 is 10.8 Å². The van der Waals surface area contributed by atoms with Gasteiger partial charge in [0.25, 0.3) is 0 Å². The van der Waals surface area contributed by atoms with Crippen LogP contribution in [0.25, 0.3) is 0 Å². The van der Waals surface area contributed by atoms with Crippen molar-refractivity contribution >= 4 is 16.5 Å². The number of aryl methyl sites for hydroxylation is 1. The number of rotatable bonds is 4. The highest BCUT2D eigenvalue weighted by molar-refractivity contribution is 7.85. The molecule has 104 valence electrons. The van der Waals surface area contributed by atoms with Gasteiger partial charge >= 0.3 is 0 Å². The van der Waals surface area contributed by atoms with Crippen LogP contribution in [-0.4, -0.2) is 39.8 Å². The summed E-state index contributed by atoms with van der Waals surface area (Å²) in [5.74, 6) is 1.58. The van der Waals surface area contributed by atoms with Gasteiger partial charge in [0.1, 0.15) is 0 Å². The van der Waals surface area contributed by atoms with Gasteiger partial charge in [0.2, 0.25) is 0 Å². The summed E-state index contributed by atoms with van der Waals surface area (Å²) >= 11 is 0. The fourth-order valence-corrected chi connectivity index (χ4v) is 3.48. The molecule has 0 bridgehead atoms. The molecular weight excluding hydrogens is 258 g/mol. The summed E-state index contributed by atoms with van der Waals surface area (Å²) in [6.07, 6.45) is 4.60. The third kappa shape index (κ3) is 3.34. The van der Waals surface area contributed by atoms with Gasteiger partial charge in [-0.1, -0.05) is 0 Å². The van der Waals surface area contributed by atoms with Crippen LogP contribution in [0.4, 0.5) is 5.69 Å². The van der Waals surface area contributed by atoms with Crippen LogP contribution < -0.4 is 10.2 Å². The SMILES string of the molecule is Cc1cc(N2CCS(=O)CC2)c(CNC2CC2)cn1. The third-order valence-corrected chi connectivity index (χ3v) is 5.05. The first-order chi connectivity index (χ1) is 9.22. The molecule has 0 aromatic carbocycles. The van der Waals surface area contributed by atoms with Crippen molar-refractivity contribution in [3.8, 4) is 0 Å². The molecule has 3 rings (SSSR count). The highest BCUT2D eigenvalue weighted by Crippen LogP contribution is 2.24. The molecule has 0 spiro atoms. The van der Waals surface area contributed by atoms with Gasteiger partial charge < -0.3 is 10.2 Å². The second kappa shape index (κ2) is 5.59. The number of anilines is 1. The van der Waals surface area contributed by atoms with Crippen molar-refractivity contribution in [3.05, 3.63) is 23.5 Å². The first-order valence-electron chi connectivity index (χ1n) is 7.01. The van der Waals surface area contributed by atoms with Crippen molar-refractivity contribution in [1.29, 1.82) is 0 Å². The van der Waals surface area contributed by atoms with Crippen molar-refractivity contribution in [2.24, 2.45) is 0 Å². The number of hydrogen-bond acceptors (Lipinski definition) is 4. The topological polar surface area (TPSA) is 45.2 Å². The lowest BCUT2D eigenvalue weighted by Crippen LogP contribution is -2.38. The van der Waals surface area contributed by atoms with Crippen molar-refractivity contribution in [2.45, 2.75) is 32.4 Å². The lowest BCUT2D eigenvalue weighted by atomic mass is 10.1. The Bertz CT molecular complexity index is 478. The molecule has 2 heterocycles. The third-order valence-electron chi connectivity index (χ3n) is 3.78. The molecule has 1 aliphatic carbocycles. The standard InChI is InChI=1S/C14H21N3OS/c1-11-8-14(17-4-6-19(18)7-5-17)12(9-15-11)10-16-13-2-3-13/h8-9,13,16H,2-7,10H2,1H3. The lowest BCUT2D eigenvalue weighted by molar-refractivity contribution is 0.668. The average Bonchev–Trinajstić information content (AvgIpc) is 3.22. The fraction of sp³-hybridized carbons (Fsp3) is 0.643. The van der Waals surface area contributed by atoms with Crippen LogP contribution >= 0.6 is 0 Å². The van der Waals surface area contributed by atoms with Crippen LogP contribution in [0.15, 0.2) is 12.3 Å². The maximum atomic E-state index is 11.5. The number of pyridine rings is 1. The predicted octanol–water partition coefficient (Wildman–Crippen LogP) is 1.21. The Labute approximate surface area is 117 Å². The lowest BCUT2D eigenvalue weighted by Gasteiger charge is -2.30. The van der Waals surface area contributed by atoms with Crippen molar-refractivity contribution in [2.75, 3.05) is 29.5 Å². The van der Waals surface area contributed by atoms with Gasteiger partial charge in [-0.3, -0.25) is 9.19 Å². The normalized spacial score (nSPS) is 20.8. The van der Waals surface area contributed by atoms with E-state index in [1.165, 1.54) is 24.1 Å². The van der Waals surface area contributed by atoms with E-state index in [0.29, 0.717) is 6.04 Å². The molecule has 4 nitrogen and oxygen atoms in total. The summed E-state index contributed by atoms with van der Waals surface area (Å²) in [4.78, 5) is 6.78. The Morgan fingerprint density at radius 1 is 1.42 bits per heavy atom. The van der Waals surface area contributed by atoms with Crippen molar-refractivity contribution in [3.63, 3.8) is 0 Å². The number of nitrogens with zero attached hydrogens (tertiary/aromatic N) is 2. The smallest absolute Gasteiger partial charge is 0.0446 e. The van der Waals surface area contributed by atoms with E-state index in [2.05, 4.69) is 21.3 Å². The van der Waals surface area contributed by atoms with E-state index in [4.69, 9.17) is 0 Å². The van der Waals surface area contributed by atoms with Crippen LogP contribution in [-0.2, 0) is 17.3 Å². The van der Waals surface area contributed by atoms with E-state index in [-0.39, 0.29) is 0 Å². The molecule has 0 amide bonds. The molecule has 0 atom stereocenters. The Morgan fingerprint density at radius 3 is 2.84 bits per heavy atom. The maximum Gasteiger partial charge on any atom is 0.0446 e. The van der Waals surface area contributed by atoms with Gasteiger partial charge in [-0.15, -0.1) is 0 Å². The first-order valence-corrected chi connectivity index (χ1v) is 8.50. The first kappa shape index (κ1) is 13.1. The van der Waals surface area contributed by atoms with E-state index in [0.717, 1.165) is 36.8 Å². The zero-order valence-electron chi connectivity index (χ0n) is 11.4. The minimum absolute atomic E-state index is 0.621. The van der Waals surface area contributed by atoms with Crippen LogP contribution in [0, 0.1) is 6.92 Å². The Kier molecular flexibility index (Phi) is 3.84. The van der Waals surface area contributed by atoms with Gasteiger partial charge in [-0.25, -0.2) is 0 Å². The van der Waals surface area contributed by atoms with E-state index in [1.54, 1.807) is 0 Å². The Hall–Kier alpha value is -0.940. The highest BCUT2D eigenvalue weighted by atomic mass is 32.2. The van der Waals surface area contributed by atoms with E-state index >= 15 is 0 Å². The molecule has 0 radical (unpaired) electrons. The molecule has 0 unspecified atom stereocenters. The van der Waals surface area contributed by atoms with Crippen LogP contribution in [0.1, 0.15) is 24.1 Å². The van der Waals surface area contributed by atoms with Gasteiger partial charge in [0.05, 0.1) is 0 Å². The minimum Gasteiger partial charge on any atom is -0.369 e. The summed E-state index contributed by atoms with van der Waals surface area (Å²) in [5, 5.41) is 3.55. The highest BCUT2D eigenvalue weighted by Gasteiger charge is 2.22. The Morgan fingerprint density at radius 2 is 2.16 bits per heavy atom. The van der Waals surface area contributed by atoms with Crippen LogP contribution in [0.3, 0.4) is 0 Å². The van der Waals surface area contributed by atoms with Crippen molar-refractivity contribution < 1.29 is 4.21 Å². The van der Waals surface area contributed by atoms with Crippen molar-refractivity contribution in [1.82, 2.24) is 10.3 Å². The molecule has 2 aliphatic rings. The van der Waals surface area contributed by atoms with E-state index in [9.17, 15) is 4.21 Å². The molecule has 1 N–H and O–H groups in total. The van der Waals surface area contributed by atoms with Gasteiger partial charge in [0, 0.05) is 71.1 Å². The van der Waals surface area contributed by atoms with Crippen LogP contribution in [0.5, 0.6) is 0 Å². The summed E-state index contributed by atoms with van der Waals surface area (Å²) in [6.45, 7) is 4.72. The predicted molar refractivity (Wildman–Crippen MR) is 78.9 cm³/mol. The average molecular weight is 279 g/mol. The monoisotopic (exact) mass is 279 g/mol. The molecule has 19 heavy (non-hydrogen) atoms. The summed E-state index contributed by atoms with van der Waals surface area (Å²) < 4.78 is 11.5. The zero-order valence-corrected chi connectivity index (χ0v) is 12.2. The van der Waals surface area contributed by atoms with E-state index in [1.807, 2.05) is 13.1 Å². The molecule has 2 fully saturated rings. The van der Waals surface area contributed by atoms with Gasteiger partial charge in [0.15, 0.2) is 0 Å². The number of aromatic nitrogens is 1. The molecule has 1 saturated carbocycles. The molecule has 1 aromatic rings. The molecule has 1 saturated heterocycles. The minimum atomic E-state index is -0.621. The molecule has 5 heteroatoms. The summed E-state index contributed by atoms with van der Waals surface area (Å²) in [5.41, 5.74) is 3.60. The maximum absolute atomic E-state index is 11.5. The van der Waals surface area contributed by atoms with Crippen LogP contribution in [0.2, 0.25) is 0 Å². The number of nitrogens with one attached hydrogen (secondary N) is 1. The van der Waals surface area contributed by atoms with Gasteiger partial charge in [-0.2, -0.15) is 0 Å². The number of hydrogen-bond donors (Lipinski definition) is 1.